The van der Waals surface area contributed by atoms with Crippen LogP contribution in [0.5, 0.6) is 0 Å². The largest absolute Gasteiger partial charge is 0.392 e. The first-order valence-corrected chi connectivity index (χ1v) is 4.64. The molecule has 0 atom stereocenters. The second-order valence-electron chi connectivity index (χ2n) is 3.20. The Kier molecular flexibility index (Phi) is 2.53. The molecule has 0 radical (unpaired) electrons. The number of hydrogen-bond donors (Lipinski definition) is 2. The van der Waals surface area contributed by atoms with Crippen LogP contribution in [0.1, 0.15) is 11.1 Å². The third kappa shape index (κ3) is 1.76. The molecule has 0 spiro atoms. The molecule has 3 heteroatoms. The van der Waals surface area contributed by atoms with E-state index in [0.717, 1.165) is 16.5 Å². The maximum absolute atomic E-state index is 8.78. The molecule has 0 bridgehead atoms. The van der Waals surface area contributed by atoms with Crippen molar-refractivity contribution in [3.8, 4) is 6.07 Å². The van der Waals surface area contributed by atoms with E-state index in [-0.39, 0.29) is 6.61 Å². The number of aromatic nitrogens is 1. The number of rotatable bonds is 2. The molecule has 2 aromatic rings. The van der Waals surface area contributed by atoms with Gasteiger partial charge >= 0.3 is 0 Å². The second kappa shape index (κ2) is 3.99. The number of benzene rings is 1. The van der Waals surface area contributed by atoms with Crippen LogP contribution < -0.4 is 0 Å². The van der Waals surface area contributed by atoms with Gasteiger partial charge in [-0.05, 0) is 23.8 Å². The Bertz CT molecular complexity index is 546. The van der Waals surface area contributed by atoms with E-state index in [4.69, 9.17) is 10.4 Å². The van der Waals surface area contributed by atoms with Gasteiger partial charge in [0.1, 0.15) is 0 Å². The average molecular weight is 198 g/mol. The number of aliphatic hydroxyl groups is 1. The van der Waals surface area contributed by atoms with Gasteiger partial charge in [0.25, 0.3) is 0 Å². The molecule has 0 fully saturated rings. The summed E-state index contributed by atoms with van der Waals surface area (Å²) in [4.78, 5) is 3.11. The van der Waals surface area contributed by atoms with Crippen LogP contribution in [0.2, 0.25) is 0 Å². The molecular weight excluding hydrogens is 188 g/mol. The molecule has 0 unspecified atom stereocenters. The molecule has 2 N–H and O–H groups in total. The lowest BCUT2D eigenvalue weighted by Gasteiger charge is -1.92. The van der Waals surface area contributed by atoms with Crippen molar-refractivity contribution < 1.29 is 5.11 Å². The minimum absolute atomic E-state index is 0.0185. The van der Waals surface area contributed by atoms with Crippen LogP contribution in [0.3, 0.4) is 0 Å². The van der Waals surface area contributed by atoms with Crippen molar-refractivity contribution in [3.63, 3.8) is 0 Å². The van der Waals surface area contributed by atoms with Crippen LogP contribution >= 0.6 is 0 Å². The van der Waals surface area contributed by atoms with Crippen LogP contribution in [0.25, 0.3) is 17.0 Å². The molecule has 3 nitrogen and oxygen atoms in total. The van der Waals surface area contributed by atoms with Gasteiger partial charge < -0.3 is 10.1 Å². The third-order valence-electron chi connectivity index (χ3n) is 2.25. The zero-order valence-electron chi connectivity index (χ0n) is 8.07. The van der Waals surface area contributed by atoms with E-state index in [2.05, 4.69) is 11.1 Å². The lowest BCUT2D eigenvalue weighted by Crippen LogP contribution is -1.75. The van der Waals surface area contributed by atoms with Gasteiger partial charge in [0.05, 0.1) is 18.2 Å². The van der Waals surface area contributed by atoms with Gasteiger partial charge in [0.2, 0.25) is 0 Å². The van der Waals surface area contributed by atoms with Crippen LogP contribution in [0, 0.1) is 11.3 Å². The fourth-order valence-electron chi connectivity index (χ4n) is 1.53. The summed E-state index contributed by atoms with van der Waals surface area (Å²) in [6.07, 6.45) is 5.36. The van der Waals surface area contributed by atoms with Crippen molar-refractivity contribution in [1.82, 2.24) is 4.98 Å². The number of H-pyrrole nitrogens is 1. The second-order valence-corrected chi connectivity index (χ2v) is 3.20. The highest BCUT2D eigenvalue weighted by molar-refractivity contribution is 5.89. The first-order valence-electron chi connectivity index (χ1n) is 4.64. The highest BCUT2D eigenvalue weighted by atomic mass is 16.2. The highest BCUT2D eigenvalue weighted by Crippen LogP contribution is 2.20. The number of aliphatic hydroxyl groups excluding tert-OH is 1. The van der Waals surface area contributed by atoms with Crippen LogP contribution in [-0.2, 0) is 0 Å². The molecular formula is C12H10N2O. The number of nitrogens with zero attached hydrogens (tertiary/aromatic N) is 1. The van der Waals surface area contributed by atoms with Crippen LogP contribution in [0.15, 0.2) is 30.5 Å². The topological polar surface area (TPSA) is 59.8 Å². The van der Waals surface area contributed by atoms with Gasteiger partial charge in [-0.15, -0.1) is 0 Å². The van der Waals surface area contributed by atoms with E-state index in [1.807, 2.05) is 24.4 Å². The SMILES string of the molecule is N#Cc1ccc2[nH]cc(C=CCO)c2c1. The Labute approximate surface area is 87.3 Å². The van der Waals surface area contributed by atoms with Crippen molar-refractivity contribution in [1.29, 1.82) is 5.26 Å². The quantitative estimate of drug-likeness (QED) is 0.775. The summed E-state index contributed by atoms with van der Waals surface area (Å²) in [6.45, 7) is 0.0185. The van der Waals surface area contributed by atoms with Crippen molar-refractivity contribution in [2.75, 3.05) is 6.61 Å². The smallest absolute Gasteiger partial charge is 0.0991 e. The molecule has 1 heterocycles. The first-order chi connectivity index (χ1) is 7.35. The van der Waals surface area contributed by atoms with Crippen LogP contribution in [0.4, 0.5) is 0 Å². The molecule has 0 saturated carbocycles. The zero-order chi connectivity index (χ0) is 10.7. The third-order valence-corrected chi connectivity index (χ3v) is 2.25. The minimum Gasteiger partial charge on any atom is -0.392 e. The molecule has 2 rings (SSSR count). The maximum atomic E-state index is 8.78. The van der Waals surface area contributed by atoms with Gasteiger partial charge in [-0.2, -0.15) is 5.26 Å². The summed E-state index contributed by atoms with van der Waals surface area (Å²) in [7, 11) is 0. The standard InChI is InChI=1S/C12H10N2O/c13-7-9-3-4-12-11(6-9)10(8-14-12)2-1-5-15/h1-4,6,8,14-15H,5H2. The average Bonchev–Trinajstić information content (AvgIpc) is 2.68. The Balaban J connectivity index is 2.57. The minimum atomic E-state index is 0.0185. The molecule has 1 aromatic heterocycles. The number of nitriles is 1. The lowest BCUT2D eigenvalue weighted by atomic mass is 10.1. The molecule has 74 valence electrons. The normalized spacial score (nSPS) is 10.9. The van der Waals surface area contributed by atoms with Crippen molar-refractivity contribution in [2.45, 2.75) is 0 Å². The monoisotopic (exact) mass is 198 g/mol. The molecule has 0 aliphatic carbocycles. The number of hydrogen-bond acceptors (Lipinski definition) is 2. The molecule has 0 aliphatic rings. The van der Waals surface area contributed by atoms with E-state index in [9.17, 15) is 0 Å². The van der Waals surface area contributed by atoms with E-state index in [1.165, 1.54) is 0 Å². The Morgan fingerprint density at radius 1 is 1.47 bits per heavy atom. The maximum Gasteiger partial charge on any atom is 0.0991 e. The fraction of sp³-hybridized carbons (Fsp3) is 0.0833. The van der Waals surface area contributed by atoms with E-state index in [1.54, 1.807) is 12.1 Å². The molecule has 1 aromatic carbocycles. The zero-order valence-corrected chi connectivity index (χ0v) is 8.07. The molecule has 15 heavy (non-hydrogen) atoms. The van der Waals surface area contributed by atoms with Gasteiger partial charge in [-0.3, -0.25) is 0 Å². The Morgan fingerprint density at radius 3 is 3.07 bits per heavy atom. The number of aromatic amines is 1. The van der Waals surface area contributed by atoms with Crippen molar-refractivity contribution >= 4 is 17.0 Å². The summed E-state index contributed by atoms with van der Waals surface area (Å²) in [5, 5.41) is 18.5. The van der Waals surface area contributed by atoms with E-state index in [0.29, 0.717) is 5.56 Å². The first kappa shape index (κ1) is 9.50. The Morgan fingerprint density at radius 2 is 2.33 bits per heavy atom. The van der Waals surface area contributed by atoms with Gasteiger partial charge in [-0.25, -0.2) is 0 Å². The fourth-order valence-corrected chi connectivity index (χ4v) is 1.53. The molecule has 0 saturated heterocycles. The van der Waals surface area contributed by atoms with Gasteiger partial charge in [0.15, 0.2) is 0 Å². The van der Waals surface area contributed by atoms with Crippen molar-refractivity contribution in [3.05, 3.63) is 41.6 Å². The summed E-state index contributed by atoms with van der Waals surface area (Å²) >= 11 is 0. The predicted molar refractivity (Wildman–Crippen MR) is 59.1 cm³/mol. The summed E-state index contributed by atoms with van der Waals surface area (Å²) in [5.74, 6) is 0. The molecule has 0 amide bonds. The lowest BCUT2D eigenvalue weighted by molar-refractivity contribution is 0.343. The van der Waals surface area contributed by atoms with Crippen LogP contribution in [-0.4, -0.2) is 16.7 Å². The Hall–Kier alpha value is -2.05. The highest BCUT2D eigenvalue weighted by Gasteiger charge is 2.01. The number of nitrogens with one attached hydrogen (secondary N) is 1. The van der Waals surface area contributed by atoms with Gasteiger partial charge in [-0.1, -0.05) is 12.2 Å². The van der Waals surface area contributed by atoms with Crippen molar-refractivity contribution in [2.24, 2.45) is 0 Å². The van der Waals surface area contributed by atoms with E-state index < -0.39 is 0 Å². The molecule has 0 aliphatic heterocycles. The summed E-state index contributed by atoms with van der Waals surface area (Å²) < 4.78 is 0. The summed E-state index contributed by atoms with van der Waals surface area (Å²) in [5.41, 5.74) is 2.61. The van der Waals surface area contributed by atoms with Gasteiger partial charge in [0, 0.05) is 17.1 Å². The predicted octanol–water partition coefficient (Wildman–Crippen LogP) is 2.05. The summed E-state index contributed by atoms with van der Waals surface area (Å²) in [6, 6.07) is 7.60. The van der Waals surface area contributed by atoms with E-state index >= 15 is 0 Å². The number of fused-ring (bicyclic) bond motifs is 1.